The number of nitrogens with zero attached hydrogens (tertiary/aromatic N) is 1. The van der Waals surface area contributed by atoms with Crippen LogP contribution < -0.4 is 4.74 Å². The summed E-state index contributed by atoms with van der Waals surface area (Å²) in [6.45, 7) is 10.0. The summed E-state index contributed by atoms with van der Waals surface area (Å²) in [5, 5.41) is 0. The second-order valence-electron chi connectivity index (χ2n) is 6.56. The molecule has 5 nitrogen and oxygen atoms in total. The summed E-state index contributed by atoms with van der Waals surface area (Å²) < 4.78 is 38.8. The van der Waals surface area contributed by atoms with Crippen molar-refractivity contribution in [3.8, 4) is 5.75 Å². The van der Waals surface area contributed by atoms with Gasteiger partial charge in [-0.2, -0.15) is 4.31 Å². The minimum Gasteiger partial charge on any atom is -0.497 e. The summed E-state index contributed by atoms with van der Waals surface area (Å²) in [6.07, 6.45) is -0.110. The maximum atomic E-state index is 13.2. The van der Waals surface area contributed by atoms with Crippen LogP contribution in [0.3, 0.4) is 0 Å². The SMILES string of the molecule is COc1cc(C)c(S(=O)(=O)N2CC(C)OCC2(C)C)c(C)c1. The number of ether oxygens (including phenoxy) is 2. The molecule has 0 N–H and O–H groups in total. The third kappa shape index (κ3) is 3.00. The van der Waals surface area contributed by atoms with Crippen molar-refractivity contribution in [2.75, 3.05) is 20.3 Å². The van der Waals surface area contributed by atoms with Crippen LogP contribution in [0.1, 0.15) is 31.9 Å². The van der Waals surface area contributed by atoms with Crippen LogP contribution in [0.5, 0.6) is 5.75 Å². The number of methoxy groups -OCH3 is 1. The lowest BCUT2D eigenvalue weighted by Crippen LogP contribution is -2.57. The molecule has 6 heteroatoms. The number of morpholine rings is 1. The zero-order valence-electron chi connectivity index (χ0n) is 14.1. The van der Waals surface area contributed by atoms with Gasteiger partial charge in [0, 0.05) is 6.54 Å². The summed E-state index contributed by atoms with van der Waals surface area (Å²) in [5.74, 6) is 0.670. The third-order valence-corrected chi connectivity index (χ3v) is 6.42. The molecule has 0 aliphatic carbocycles. The molecule has 0 saturated carbocycles. The van der Waals surface area contributed by atoms with Crippen LogP contribution in [-0.4, -0.2) is 44.6 Å². The van der Waals surface area contributed by atoms with Crippen molar-refractivity contribution in [1.29, 1.82) is 0 Å². The standard InChI is InChI=1S/C16H25NO4S/c1-11-7-14(20-6)8-12(2)15(11)22(18,19)17-9-13(3)21-10-16(17,4)5/h7-8,13H,9-10H2,1-6H3. The summed E-state index contributed by atoms with van der Waals surface area (Å²) in [7, 11) is -2.01. The highest BCUT2D eigenvalue weighted by Crippen LogP contribution is 2.33. The van der Waals surface area contributed by atoms with Gasteiger partial charge in [0.25, 0.3) is 0 Å². The van der Waals surface area contributed by atoms with Gasteiger partial charge in [-0.3, -0.25) is 0 Å². The minimum absolute atomic E-state index is 0.110. The van der Waals surface area contributed by atoms with Crippen LogP contribution in [0.2, 0.25) is 0 Å². The molecule has 1 unspecified atom stereocenters. The highest BCUT2D eigenvalue weighted by Gasteiger charge is 2.42. The Balaban J connectivity index is 2.55. The van der Waals surface area contributed by atoms with E-state index in [-0.39, 0.29) is 6.10 Å². The summed E-state index contributed by atoms with van der Waals surface area (Å²) in [5.41, 5.74) is 0.836. The number of hydrogen-bond donors (Lipinski definition) is 0. The number of hydrogen-bond acceptors (Lipinski definition) is 4. The fourth-order valence-electron chi connectivity index (χ4n) is 2.92. The molecular formula is C16H25NO4S. The molecule has 1 atom stereocenters. The van der Waals surface area contributed by atoms with Crippen molar-refractivity contribution < 1.29 is 17.9 Å². The smallest absolute Gasteiger partial charge is 0.244 e. The van der Waals surface area contributed by atoms with Crippen LogP contribution in [-0.2, 0) is 14.8 Å². The molecule has 1 aliphatic rings. The lowest BCUT2D eigenvalue weighted by Gasteiger charge is -2.43. The summed E-state index contributed by atoms with van der Waals surface area (Å²) in [6, 6.07) is 3.52. The Morgan fingerprint density at radius 2 is 1.82 bits per heavy atom. The van der Waals surface area contributed by atoms with Crippen LogP contribution in [0.25, 0.3) is 0 Å². The normalized spacial score (nSPS) is 22.5. The Bertz CT molecular complexity index is 644. The maximum Gasteiger partial charge on any atom is 0.244 e. The Labute approximate surface area is 133 Å². The van der Waals surface area contributed by atoms with Crippen molar-refractivity contribution >= 4 is 10.0 Å². The predicted octanol–water partition coefficient (Wildman–Crippen LogP) is 2.50. The van der Waals surface area contributed by atoms with E-state index in [9.17, 15) is 8.42 Å². The molecule has 1 heterocycles. The molecule has 0 spiro atoms. The lowest BCUT2D eigenvalue weighted by molar-refractivity contribution is -0.0551. The highest BCUT2D eigenvalue weighted by molar-refractivity contribution is 7.89. The summed E-state index contributed by atoms with van der Waals surface area (Å²) >= 11 is 0. The molecule has 0 bridgehead atoms. The first-order chi connectivity index (χ1) is 10.1. The molecule has 0 amide bonds. The van der Waals surface area contributed by atoms with Crippen molar-refractivity contribution in [2.45, 2.75) is 51.2 Å². The van der Waals surface area contributed by atoms with Crippen molar-refractivity contribution in [3.05, 3.63) is 23.3 Å². The summed E-state index contributed by atoms with van der Waals surface area (Å²) in [4.78, 5) is 0.371. The van der Waals surface area contributed by atoms with Gasteiger partial charge in [0.05, 0.1) is 30.3 Å². The fourth-order valence-corrected chi connectivity index (χ4v) is 5.18. The quantitative estimate of drug-likeness (QED) is 0.856. The van der Waals surface area contributed by atoms with Gasteiger partial charge in [-0.05, 0) is 57.9 Å². The molecule has 0 radical (unpaired) electrons. The predicted molar refractivity (Wildman–Crippen MR) is 85.9 cm³/mol. The van der Waals surface area contributed by atoms with E-state index in [1.165, 1.54) is 0 Å². The lowest BCUT2D eigenvalue weighted by atomic mass is 10.1. The van der Waals surface area contributed by atoms with Gasteiger partial charge in [-0.15, -0.1) is 0 Å². The van der Waals surface area contributed by atoms with Crippen LogP contribution in [0.4, 0.5) is 0 Å². The van der Waals surface area contributed by atoms with E-state index >= 15 is 0 Å². The van der Waals surface area contributed by atoms with Crippen molar-refractivity contribution in [1.82, 2.24) is 4.31 Å². The number of rotatable bonds is 3. The zero-order valence-corrected chi connectivity index (χ0v) is 15.0. The van der Waals surface area contributed by atoms with E-state index in [0.717, 1.165) is 0 Å². The van der Waals surface area contributed by atoms with Crippen molar-refractivity contribution in [3.63, 3.8) is 0 Å². The van der Waals surface area contributed by atoms with E-state index in [2.05, 4.69) is 0 Å². The van der Waals surface area contributed by atoms with Crippen LogP contribution in [0.15, 0.2) is 17.0 Å². The number of aryl methyl sites for hydroxylation is 2. The molecule has 2 rings (SSSR count). The van der Waals surface area contributed by atoms with Gasteiger partial charge >= 0.3 is 0 Å². The first kappa shape index (κ1) is 17.2. The third-order valence-electron chi connectivity index (χ3n) is 4.04. The minimum atomic E-state index is -3.59. The van der Waals surface area contributed by atoms with E-state index in [4.69, 9.17) is 9.47 Å². The van der Waals surface area contributed by atoms with E-state index < -0.39 is 15.6 Å². The molecule has 1 aromatic carbocycles. The molecule has 1 aliphatic heterocycles. The van der Waals surface area contributed by atoms with Gasteiger partial charge < -0.3 is 9.47 Å². The highest BCUT2D eigenvalue weighted by atomic mass is 32.2. The first-order valence-electron chi connectivity index (χ1n) is 7.39. The first-order valence-corrected chi connectivity index (χ1v) is 8.83. The Hall–Kier alpha value is -1.11. The van der Waals surface area contributed by atoms with Crippen LogP contribution >= 0.6 is 0 Å². The second kappa shape index (κ2) is 5.83. The molecule has 1 fully saturated rings. The maximum absolute atomic E-state index is 13.2. The average molecular weight is 327 g/mol. The molecule has 1 aromatic rings. The average Bonchev–Trinajstić information content (AvgIpc) is 2.40. The van der Waals surface area contributed by atoms with Gasteiger partial charge in [-0.25, -0.2) is 8.42 Å². The van der Waals surface area contributed by atoms with Gasteiger partial charge in [0.2, 0.25) is 10.0 Å². The number of sulfonamides is 1. The van der Waals surface area contributed by atoms with E-state index in [0.29, 0.717) is 34.9 Å². The van der Waals surface area contributed by atoms with Gasteiger partial charge in [0.1, 0.15) is 5.75 Å². The van der Waals surface area contributed by atoms with E-state index in [1.54, 1.807) is 37.4 Å². The fraction of sp³-hybridized carbons (Fsp3) is 0.625. The molecule has 0 aromatic heterocycles. The molecule has 1 saturated heterocycles. The Morgan fingerprint density at radius 3 is 2.32 bits per heavy atom. The van der Waals surface area contributed by atoms with Gasteiger partial charge in [-0.1, -0.05) is 0 Å². The molecule has 124 valence electrons. The zero-order chi connectivity index (χ0) is 16.7. The number of benzene rings is 1. The Morgan fingerprint density at radius 1 is 1.27 bits per heavy atom. The van der Waals surface area contributed by atoms with E-state index in [1.807, 2.05) is 20.8 Å². The van der Waals surface area contributed by atoms with Crippen molar-refractivity contribution in [2.24, 2.45) is 0 Å². The second-order valence-corrected chi connectivity index (χ2v) is 8.36. The van der Waals surface area contributed by atoms with Crippen LogP contribution in [0, 0.1) is 13.8 Å². The Kier molecular flexibility index (Phi) is 4.57. The molecular weight excluding hydrogens is 302 g/mol. The molecule has 22 heavy (non-hydrogen) atoms. The van der Waals surface area contributed by atoms with Gasteiger partial charge in [0.15, 0.2) is 0 Å². The largest absolute Gasteiger partial charge is 0.497 e. The monoisotopic (exact) mass is 327 g/mol. The topological polar surface area (TPSA) is 55.8 Å².